The Labute approximate surface area is 102 Å². The summed E-state index contributed by atoms with van der Waals surface area (Å²) in [4.78, 5) is 9.94. The molecule has 1 aromatic carbocycles. The summed E-state index contributed by atoms with van der Waals surface area (Å²) in [7, 11) is 0. The predicted octanol–water partition coefficient (Wildman–Crippen LogP) is 2.91. The van der Waals surface area contributed by atoms with Crippen LogP contribution >= 0.6 is 11.6 Å². The molecule has 0 amide bonds. The minimum atomic E-state index is -0.403. The van der Waals surface area contributed by atoms with Crippen LogP contribution in [-0.4, -0.2) is 11.8 Å². The summed E-state index contributed by atoms with van der Waals surface area (Å²) in [6.07, 6.45) is 2.36. The van der Waals surface area contributed by atoms with Crippen molar-refractivity contribution >= 4 is 16.8 Å². The van der Waals surface area contributed by atoms with Gasteiger partial charge in [-0.3, -0.25) is 4.79 Å². The Morgan fingerprint density at radius 1 is 1.31 bits per heavy atom. The van der Waals surface area contributed by atoms with Gasteiger partial charge in [0.1, 0.15) is 0 Å². The summed E-state index contributed by atoms with van der Waals surface area (Å²) in [5.74, 6) is 0. The third kappa shape index (κ3) is 9.44. The van der Waals surface area contributed by atoms with E-state index in [9.17, 15) is 4.79 Å². The van der Waals surface area contributed by atoms with E-state index >= 15 is 0 Å². The maximum atomic E-state index is 9.94. The molecule has 0 aromatic heterocycles. The Balaban J connectivity index is 0.000000293. The highest BCUT2D eigenvalue weighted by Gasteiger charge is 1.85. The van der Waals surface area contributed by atoms with Crippen molar-refractivity contribution in [1.29, 1.82) is 0 Å². The Hall–Kier alpha value is -1.12. The molecule has 0 atom stereocenters. The molecule has 0 spiro atoms. The molecule has 0 aliphatic heterocycles. The number of hydrogen-bond acceptors (Lipinski definition) is 2. The number of benzene rings is 1. The minimum Gasteiger partial charge on any atom is -0.330 e. The summed E-state index contributed by atoms with van der Waals surface area (Å²) in [6.45, 7) is 4.38. The van der Waals surface area contributed by atoms with Gasteiger partial charge in [0.25, 0.3) is 0 Å². The molecule has 0 bridgehead atoms. The molecule has 3 heteroatoms. The molecule has 1 rings (SSSR count). The van der Waals surface area contributed by atoms with Crippen molar-refractivity contribution in [2.24, 2.45) is 5.73 Å². The summed E-state index contributed by atoms with van der Waals surface area (Å²) < 4.78 is 0. The van der Waals surface area contributed by atoms with Crippen molar-refractivity contribution in [3.05, 3.63) is 47.5 Å². The number of allylic oxidation sites excluding steroid dienone is 2. The van der Waals surface area contributed by atoms with Gasteiger partial charge in [0.05, 0.1) is 0 Å². The highest BCUT2D eigenvalue weighted by molar-refractivity contribution is 6.66. The van der Waals surface area contributed by atoms with Crippen molar-refractivity contribution in [2.45, 2.75) is 20.3 Å². The highest BCUT2D eigenvalue weighted by Crippen LogP contribution is 1.96. The van der Waals surface area contributed by atoms with Crippen molar-refractivity contribution in [2.75, 3.05) is 6.54 Å². The van der Waals surface area contributed by atoms with Crippen LogP contribution in [-0.2, 0) is 11.2 Å². The first-order chi connectivity index (χ1) is 7.56. The first-order valence-corrected chi connectivity index (χ1v) is 5.52. The monoisotopic (exact) mass is 239 g/mol. The van der Waals surface area contributed by atoms with E-state index in [0.717, 1.165) is 18.5 Å². The van der Waals surface area contributed by atoms with E-state index in [2.05, 4.69) is 12.1 Å². The van der Waals surface area contributed by atoms with E-state index in [-0.39, 0.29) is 0 Å². The van der Waals surface area contributed by atoms with Crippen LogP contribution in [0.3, 0.4) is 0 Å². The third-order valence-electron chi connectivity index (χ3n) is 1.68. The lowest BCUT2D eigenvalue weighted by Gasteiger charge is -1.93. The van der Waals surface area contributed by atoms with E-state index in [1.54, 1.807) is 0 Å². The largest absolute Gasteiger partial charge is 0.330 e. The van der Waals surface area contributed by atoms with E-state index in [0.29, 0.717) is 0 Å². The van der Waals surface area contributed by atoms with Gasteiger partial charge in [0, 0.05) is 0 Å². The van der Waals surface area contributed by atoms with Crippen LogP contribution in [0, 0.1) is 0 Å². The molecule has 0 saturated carbocycles. The van der Waals surface area contributed by atoms with Gasteiger partial charge in [-0.25, -0.2) is 0 Å². The second-order valence-electron chi connectivity index (χ2n) is 3.55. The summed E-state index contributed by atoms with van der Waals surface area (Å²) in [5.41, 5.74) is 7.61. The molecule has 16 heavy (non-hydrogen) atoms. The van der Waals surface area contributed by atoms with Gasteiger partial charge < -0.3 is 5.73 Å². The average Bonchev–Trinajstić information content (AvgIpc) is 2.18. The van der Waals surface area contributed by atoms with Crippen molar-refractivity contribution in [3.63, 3.8) is 0 Å². The van der Waals surface area contributed by atoms with Gasteiger partial charge in [-0.15, -0.1) is 0 Å². The average molecular weight is 240 g/mol. The second kappa shape index (κ2) is 9.13. The van der Waals surface area contributed by atoms with Crippen molar-refractivity contribution in [1.82, 2.24) is 0 Å². The zero-order valence-corrected chi connectivity index (χ0v) is 10.5. The number of hydrogen-bond donors (Lipinski definition) is 1. The molecule has 2 N–H and O–H groups in total. The van der Waals surface area contributed by atoms with Gasteiger partial charge in [-0.1, -0.05) is 35.9 Å². The number of carbonyl (C=O) groups is 1. The van der Waals surface area contributed by atoms with Crippen molar-refractivity contribution in [3.8, 4) is 0 Å². The maximum Gasteiger partial charge on any atom is 0.245 e. The number of halogens is 1. The van der Waals surface area contributed by atoms with Crippen LogP contribution < -0.4 is 5.73 Å². The lowest BCUT2D eigenvalue weighted by molar-refractivity contribution is -0.107. The summed E-state index contributed by atoms with van der Waals surface area (Å²) >= 11 is 4.96. The van der Waals surface area contributed by atoms with Gasteiger partial charge >= 0.3 is 0 Å². The molecule has 88 valence electrons. The third-order valence-corrected chi connectivity index (χ3v) is 1.79. The number of carbonyl (C=O) groups excluding carboxylic acids is 1. The lowest BCUT2D eigenvalue weighted by atomic mass is 10.2. The Bertz CT molecular complexity index is 329. The van der Waals surface area contributed by atoms with Gasteiger partial charge in [-0.2, -0.15) is 0 Å². The van der Waals surface area contributed by atoms with Crippen LogP contribution in [0.25, 0.3) is 0 Å². The fraction of sp³-hybridized carbons (Fsp3) is 0.308. The first-order valence-electron chi connectivity index (χ1n) is 5.14. The van der Waals surface area contributed by atoms with E-state index < -0.39 is 5.24 Å². The lowest BCUT2D eigenvalue weighted by Crippen LogP contribution is -2.01. The topological polar surface area (TPSA) is 43.1 Å². The summed E-state index contributed by atoms with van der Waals surface area (Å²) in [5, 5.41) is -0.403. The minimum absolute atomic E-state index is 0.403. The van der Waals surface area contributed by atoms with E-state index in [4.69, 9.17) is 17.3 Å². The molecular weight excluding hydrogens is 222 g/mol. The Morgan fingerprint density at radius 2 is 1.88 bits per heavy atom. The molecule has 0 aliphatic rings. The zero-order valence-electron chi connectivity index (χ0n) is 9.74. The zero-order chi connectivity index (χ0) is 12.4. The molecule has 0 heterocycles. The Morgan fingerprint density at radius 3 is 2.19 bits per heavy atom. The van der Waals surface area contributed by atoms with Gasteiger partial charge in [-0.05, 0) is 50.1 Å². The molecular formula is C13H18ClNO. The van der Waals surface area contributed by atoms with Crippen molar-refractivity contribution < 1.29 is 4.79 Å². The molecule has 1 aromatic rings. The predicted molar refractivity (Wildman–Crippen MR) is 69.5 cm³/mol. The van der Waals surface area contributed by atoms with Crippen LogP contribution in [0.15, 0.2) is 42.0 Å². The Kier molecular flexibility index (Phi) is 8.49. The van der Waals surface area contributed by atoms with E-state index in [1.165, 1.54) is 11.6 Å². The van der Waals surface area contributed by atoms with Gasteiger partial charge in [0.2, 0.25) is 5.24 Å². The second-order valence-corrected chi connectivity index (χ2v) is 3.92. The van der Waals surface area contributed by atoms with Crippen LogP contribution in [0.2, 0.25) is 0 Å². The molecule has 2 nitrogen and oxygen atoms in total. The number of rotatable bonds is 3. The SMILES string of the molecule is CC(C)=CC(=O)Cl.NCCc1ccccc1. The number of nitrogens with two attached hydrogens (primary N) is 1. The van der Waals surface area contributed by atoms with Crippen LogP contribution in [0.5, 0.6) is 0 Å². The molecule has 0 saturated heterocycles. The highest BCUT2D eigenvalue weighted by atomic mass is 35.5. The summed E-state index contributed by atoms with van der Waals surface area (Å²) in [6, 6.07) is 10.3. The standard InChI is InChI=1S/C8H11N.C5H7ClO/c9-7-6-8-4-2-1-3-5-8;1-4(2)3-5(6)7/h1-5H,6-7,9H2;3H,1-2H3. The molecule has 0 unspecified atom stereocenters. The normalized spacial score (nSPS) is 8.75. The van der Waals surface area contributed by atoms with Crippen LogP contribution in [0.4, 0.5) is 0 Å². The molecule has 0 fully saturated rings. The smallest absolute Gasteiger partial charge is 0.245 e. The quantitative estimate of drug-likeness (QED) is 0.651. The fourth-order valence-corrected chi connectivity index (χ4v) is 1.26. The molecule has 0 radical (unpaired) electrons. The molecule has 0 aliphatic carbocycles. The first kappa shape index (κ1) is 14.9. The van der Waals surface area contributed by atoms with Crippen LogP contribution in [0.1, 0.15) is 19.4 Å². The maximum absolute atomic E-state index is 9.94. The fourth-order valence-electron chi connectivity index (χ4n) is 1.04. The van der Waals surface area contributed by atoms with E-state index in [1.807, 2.05) is 32.0 Å². The van der Waals surface area contributed by atoms with Gasteiger partial charge in [0.15, 0.2) is 0 Å².